The second-order valence-electron chi connectivity index (χ2n) is 8.50. The lowest BCUT2D eigenvalue weighted by Gasteiger charge is -2.17. The predicted molar refractivity (Wildman–Crippen MR) is 131 cm³/mol. The quantitative estimate of drug-likeness (QED) is 0.430. The Balaban J connectivity index is 1.41. The van der Waals surface area contributed by atoms with Gasteiger partial charge in [-0.1, -0.05) is 48.5 Å². The summed E-state index contributed by atoms with van der Waals surface area (Å²) in [5.41, 5.74) is 2.16. The molecule has 9 heteroatoms. The highest BCUT2D eigenvalue weighted by molar-refractivity contribution is 5.95. The Labute approximate surface area is 209 Å². The van der Waals surface area contributed by atoms with Crippen molar-refractivity contribution in [2.24, 2.45) is 0 Å². The summed E-state index contributed by atoms with van der Waals surface area (Å²) in [7, 11) is 1.29. The highest BCUT2D eigenvalue weighted by atomic mass is 16.7. The number of carbonyl (C=O) groups is 3. The van der Waals surface area contributed by atoms with E-state index in [1.807, 2.05) is 48.5 Å². The minimum Gasteiger partial charge on any atom is -0.467 e. The van der Waals surface area contributed by atoms with Crippen molar-refractivity contribution >= 4 is 28.9 Å². The van der Waals surface area contributed by atoms with Crippen LogP contribution in [0.1, 0.15) is 30.4 Å². The Morgan fingerprint density at radius 2 is 1.78 bits per heavy atom. The summed E-state index contributed by atoms with van der Waals surface area (Å²) in [5.74, 6) is -0.858. The number of carbonyl (C=O) groups excluding carboxylic acids is 3. The zero-order valence-corrected chi connectivity index (χ0v) is 20.2. The number of esters is 1. The highest BCUT2D eigenvalue weighted by Crippen LogP contribution is 2.23. The van der Waals surface area contributed by atoms with Crippen molar-refractivity contribution in [2.75, 3.05) is 20.3 Å². The largest absolute Gasteiger partial charge is 0.467 e. The fraction of sp³-hybridized carbons (Fsp3) is 0.370. The third-order valence-electron chi connectivity index (χ3n) is 5.99. The molecule has 0 unspecified atom stereocenters. The molecule has 1 N–H and O–H groups in total. The number of para-hydroxylation sites is 1. The Bertz CT molecular complexity index is 1190. The molecule has 1 atom stereocenters. The van der Waals surface area contributed by atoms with Crippen LogP contribution >= 0.6 is 0 Å². The molecule has 36 heavy (non-hydrogen) atoms. The highest BCUT2D eigenvalue weighted by Gasteiger charge is 2.24. The van der Waals surface area contributed by atoms with Gasteiger partial charge in [0.1, 0.15) is 12.6 Å². The first-order valence-corrected chi connectivity index (χ1v) is 12.0. The van der Waals surface area contributed by atoms with Crippen LogP contribution in [0.15, 0.2) is 60.8 Å². The molecule has 4 rings (SSSR count). The van der Waals surface area contributed by atoms with Gasteiger partial charge in [0.05, 0.1) is 32.3 Å². The lowest BCUT2D eigenvalue weighted by Crippen LogP contribution is -2.42. The van der Waals surface area contributed by atoms with Gasteiger partial charge in [0, 0.05) is 11.6 Å². The maximum atomic E-state index is 12.9. The summed E-state index contributed by atoms with van der Waals surface area (Å²) < 4.78 is 22.6. The number of nitrogens with one attached hydrogen (secondary N) is 1. The number of hydrogen-bond acceptors (Lipinski definition) is 7. The van der Waals surface area contributed by atoms with E-state index < -0.39 is 18.1 Å². The monoisotopic (exact) mass is 494 g/mol. The van der Waals surface area contributed by atoms with E-state index in [9.17, 15) is 14.4 Å². The van der Waals surface area contributed by atoms with Crippen LogP contribution in [0.2, 0.25) is 0 Å². The maximum absolute atomic E-state index is 12.9. The molecule has 190 valence electrons. The molecule has 3 aromatic rings. The molecule has 0 spiro atoms. The topological polar surface area (TPSA) is 105 Å². The predicted octanol–water partition coefficient (Wildman–Crippen LogP) is 3.57. The van der Waals surface area contributed by atoms with Crippen LogP contribution in [0, 0.1) is 0 Å². The zero-order chi connectivity index (χ0) is 25.3. The van der Waals surface area contributed by atoms with E-state index in [0.717, 1.165) is 10.9 Å². The van der Waals surface area contributed by atoms with E-state index in [1.54, 1.807) is 12.3 Å². The summed E-state index contributed by atoms with van der Waals surface area (Å²) in [4.78, 5) is 38.0. The number of nitrogens with zero attached hydrogens (tertiary/aromatic N) is 1. The third kappa shape index (κ3) is 6.50. The summed E-state index contributed by atoms with van der Waals surface area (Å²) in [5, 5.41) is 3.53. The molecule has 0 aliphatic carbocycles. The third-order valence-corrected chi connectivity index (χ3v) is 5.99. The number of amides is 1. The van der Waals surface area contributed by atoms with E-state index in [4.69, 9.17) is 18.9 Å². The Morgan fingerprint density at radius 3 is 2.53 bits per heavy atom. The van der Waals surface area contributed by atoms with Crippen LogP contribution in [0.5, 0.6) is 0 Å². The fourth-order valence-corrected chi connectivity index (χ4v) is 4.20. The molecule has 2 heterocycles. The first-order valence-electron chi connectivity index (χ1n) is 12.0. The molecule has 1 aliphatic rings. The number of fused-ring (bicyclic) bond motifs is 1. The Kier molecular flexibility index (Phi) is 8.70. The first-order chi connectivity index (χ1) is 17.5. The van der Waals surface area contributed by atoms with E-state index in [2.05, 4.69) is 5.32 Å². The molecule has 1 amide bonds. The van der Waals surface area contributed by atoms with E-state index in [-0.39, 0.29) is 25.2 Å². The van der Waals surface area contributed by atoms with Gasteiger partial charge in [0.2, 0.25) is 5.91 Å². The Morgan fingerprint density at radius 1 is 1.06 bits per heavy atom. The van der Waals surface area contributed by atoms with Gasteiger partial charge in [0.15, 0.2) is 6.29 Å². The molecule has 1 fully saturated rings. The second-order valence-corrected chi connectivity index (χ2v) is 8.50. The van der Waals surface area contributed by atoms with Crippen LogP contribution in [0.3, 0.4) is 0 Å². The smallest absolute Gasteiger partial charge is 0.418 e. The average molecular weight is 495 g/mol. The van der Waals surface area contributed by atoms with Crippen LogP contribution in [0.4, 0.5) is 4.79 Å². The molecule has 1 aromatic heterocycles. The van der Waals surface area contributed by atoms with Gasteiger partial charge in [-0.3, -0.25) is 9.36 Å². The van der Waals surface area contributed by atoms with Crippen molar-refractivity contribution in [3.05, 3.63) is 71.9 Å². The molecule has 9 nitrogen and oxygen atoms in total. The van der Waals surface area contributed by atoms with Crippen molar-refractivity contribution in [1.82, 2.24) is 9.88 Å². The van der Waals surface area contributed by atoms with E-state index in [0.29, 0.717) is 43.6 Å². The summed E-state index contributed by atoms with van der Waals surface area (Å²) >= 11 is 0. The molecule has 0 bridgehead atoms. The average Bonchev–Trinajstić information content (AvgIpc) is 3.55. The van der Waals surface area contributed by atoms with Crippen LogP contribution < -0.4 is 5.32 Å². The summed E-state index contributed by atoms with van der Waals surface area (Å²) in [6, 6.07) is 15.9. The molecule has 0 radical (unpaired) electrons. The first kappa shape index (κ1) is 25.4. The van der Waals surface area contributed by atoms with Gasteiger partial charge in [-0.25, -0.2) is 9.59 Å². The van der Waals surface area contributed by atoms with Crippen molar-refractivity contribution in [1.29, 1.82) is 0 Å². The van der Waals surface area contributed by atoms with E-state index in [1.165, 1.54) is 11.7 Å². The van der Waals surface area contributed by atoms with E-state index >= 15 is 0 Å². The minimum atomic E-state index is -0.784. The van der Waals surface area contributed by atoms with Crippen LogP contribution in [-0.4, -0.2) is 55.2 Å². The fourth-order valence-electron chi connectivity index (χ4n) is 4.20. The second kappa shape index (κ2) is 12.3. The van der Waals surface area contributed by atoms with Gasteiger partial charge in [-0.15, -0.1) is 0 Å². The molecular weight excluding hydrogens is 464 g/mol. The van der Waals surface area contributed by atoms with Crippen molar-refractivity contribution in [3.63, 3.8) is 0 Å². The zero-order valence-electron chi connectivity index (χ0n) is 20.2. The van der Waals surface area contributed by atoms with Crippen LogP contribution in [-0.2, 0) is 41.6 Å². The standard InChI is InChI=1S/C27H30N2O7/c1-33-26(31)22(11-7-13-25-34-14-15-35-25)28-24(30)16-20-17-29(23-12-6-5-10-21(20)23)27(32)36-18-19-8-3-2-4-9-19/h2-6,8-10,12,17,22,25H,7,11,13-16,18H2,1H3,(H,28,30)/t22-/m0/s1. The van der Waals surface area contributed by atoms with Gasteiger partial charge < -0.3 is 24.3 Å². The molecule has 1 aliphatic heterocycles. The van der Waals surface area contributed by atoms with Gasteiger partial charge in [-0.2, -0.15) is 0 Å². The molecule has 1 saturated heterocycles. The molecule has 2 aromatic carbocycles. The number of hydrogen-bond donors (Lipinski definition) is 1. The molecule has 0 saturated carbocycles. The number of rotatable bonds is 10. The van der Waals surface area contributed by atoms with Crippen molar-refractivity contribution < 1.29 is 33.3 Å². The SMILES string of the molecule is COC(=O)[C@H](CCCC1OCCO1)NC(=O)Cc1cn(C(=O)OCc2ccccc2)c2ccccc12. The number of methoxy groups -OCH3 is 1. The number of benzene rings is 2. The van der Waals surface area contributed by atoms with Crippen molar-refractivity contribution in [3.8, 4) is 0 Å². The minimum absolute atomic E-state index is 0.0121. The summed E-state index contributed by atoms with van der Waals surface area (Å²) in [6.45, 7) is 1.27. The van der Waals surface area contributed by atoms with Gasteiger partial charge in [0.25, 0.3) is 0 Å². The lowest BCUT2D eigenvalue weighted by molar-refractivity contribution is -0.145. The lowest BCUT2D eigenvalue weighted by atomic mass is 10.1. The number of ether oxygens (including phenoxy) is 4. The van der Waals surface area contributed by atoms with Gasteiger partial charge >= 0.3 is 12.1 Å². The number of aromatic nitrogens is 1. The van der Waals surface area contributed by atoms with Crippen molar-refractivity contribution in [2.45, 2.75) is 44.6 Å². The molecular formula is C27H30N2O7. The maximum Gasteiger partial charge on any atom is 0.418 e. The summed E-state index contributed by atoms with van der Waals surface area (Å²) in [6.07, 6.45) is 2.44. The normalized spacial score (nSPS) is 14.5. The Hall–Kier alpha value is -3.69. The van der Waals surface area contributed by atoms with Gasteiger partial charge in [-0.05, 0) is 36.5 Å². The van der Waals surface area contributed by atoms with Crippen LogP contribution in [0.25, 0.3) is 10.9 Å².